The van der Waals surface area contributed by atoms with Crippen molar-refractivity contribution < 1.29 is 14.3 Å². The van der Waals surface area contributed by atoms with Gasteiger partial charge in [-0.1, -0.05) is 17.7 Å². The van der Waals surface area contributed by atoms with Gasteiger partial charge < -0.3 is 14.4 Å². The van der Waals surface area contributed by atoms with Crippen molar-refractivity contribution >= 4 is 5.91 Å². The van der Waals surface area contributed by atoms with Crippen molar-refractivity contribution in [2.75, 3.05) is 26.3 Å². The molecule has 0 saturated carbocycles. The quantitative estimate of drug-likeness (QED) is 0.772. The fourth-order valence-electron chi connectivity index (χ4n) is 2.31. The zero-order chi connectivity index (χ0) is 14.4. The van der Waals surface area contributed by atoms with Crippen LogP contribution in [0.2, 0.25) is 0 Å². The lowest BCUT2D eigenvalue weighted by Crippen LogP contribution is -2.43. The molecule has 0 spiro atoms. The Morgan fingerprint density at radius 2 is 1.55 bits per heavy atom. The third-order valence-electron chi connectivity index (χ3n) is 3.91. The summed E-state index contributed by atoms with van der Waals surface area (Å²) in [4.78, 5) is 14.5. The lowest BCUT2D eigenvalue weighted by atomic mass is 10.1. The molecule has 2 unspecified atom stereocenters. The fraction of sp³-hybridized carbons (Fsp3) is 0.562. The number of aryl methyl sites for hydroxylation is 1. The Labute approximate surface area is 119 Å². The Bertz CT molecular complexity index is 495. The third kappa shape index (κ3) is 3.02. The molecule has 4 heteroatoms. The Balaban J connectivity index is 1.76. The van der Waals surface area contributed by atoms with Crippen molar-refractivity contribution in [2.24, 2.45) is 0 Å². The molecule has 4 nitrogen and oxygen atoms in total. The molecule has 0 N–H and O–H groups in total. The van der Waals surface area contributed by atoms with Crippen LogP contribution in [0.25, 0.3) is 0 Å². The molecule has 2 heterocycles. The van der Waals surface area contributed by atoms with E-state index in [9.17, 15) is 4.79 Å². The first kappa shape index (κ1) is 13.6. The summed E-state index contributed by atoms with van der Waals surface area (Å²) < 4.78 is 10.9. The smallest absolute Gasteiger partial charge is 0.254 e. The molecule has 0 aromatic heterocycles. The number of hydrogen-bond donors (Lipinski definition) is 0. The summed E-state index contributed by atoms with van der Waals surface area (Å²) in [7, 11) is 0. The summed E-state index contributed by atoms with van der Waals surface area (Å²) in [5.41, 5.74) is 1.53. The summed E-state index contributed by atoms with van der Waals surface area (Å²) in [5, 5.41) is 0. The lowest BCUT2D eigenvalue weighted by Gasteiger charge is -2.26. The third-order valence-corrected chi connectivity index (χ3v) is 3.91. The van der Waals surface area contributed by atoms with E-state index in [0.29, 0.717) is 13.1 Å². The molecule has 0 bridgehead atoms. The molecule has 1 amide bonds. The first-order valence-electron chi connectivity index (χ1n) is 7.03. The molecule has 108 valence electrons. The van der Waals surface area contributed by atoms with Crippen LogP contribution in [0.1, 0.15) is 29.8 Å². The minimum Gasteiger partial charge on any atom is -0.368 e. The second-order valence-corrected chi connectivity index (χ2v) is 6.50. The minimum atomic E-state index is -0.175. The van der Waals surface area contributed by atoms with E-state index >= 15 is 0 Å². The number of ether oxygens (including phenoxy) is 2. The maximum Gasteiger partial charge on any atom is 0.254 e. The van der Waals surface area contributed by atoms with Gasteiger partial charge in [0.25, 0.3) is 5.91 Å². The predicted molar refractivity (Wildman–Crippen MR) is 75.8 cm³/mol. The summed E-state index contributed by atoms with van der Waals surface area (Å²) in [6, 6.07) is 7.71. The van der Waals surface area contributed by atoms with E-state index in [1.54, 1.807) is 0 Å². The van der Waals surface area contributed by atoms with Crippen molar-refractivity contribution in [3.63, 3.8) is 0 Å². The number of benzene rings is 1. The number of hydrogen-bond acceptors (Lipinski definition) is 3. The van der Waals surface area contributed by atoms with Crippen molar-refractivity contribution in [3.05, 3.63) is 35.4 Å². The molecule has 0 radical (unpaired) electrons. The maximum absolute atomic E-state index is 12.7. The predicted octanol–water partition coefficient (Wildman–Crippen LogP) is 2.02. The molecule has 2 saturated heterocycles. The Kier molecular flexibility index (Phi) is 3.10. The highest BCUT2D eigenvalue weighted by molar-refractivity contribution is 5.94. The van der Waals surface area contributed by atoms with Gasteiger partial charge in [0.2, 0.25) is 0 Å². The minimum absolute atomic E-state index is 0.0541. The van der Waals surface area contributed by atoms with E-state index in [2.05, 4.69) is 0 Å². The highest BCUT2D eigenvalue weighted by Gasteiger charge is 2.47. The number of carbonyl (C=O) groups is 1. The van der Waals surface area contributed by atoms with Crippen LogP contribution in [0.3, 0.4) is 0 Å². The average molecular weight is 275 g/mol. The van der Waals surface area contributed by atoms with Gasteiger partial charge in [-0.15, -0.1) is 0 Å². The van der Waals surface area contributed by atoms with Gasteiger partial charge in [-0.05, 0) is 32.9 Å². The van der Waals surface area contributed by atoms with Gasteiger partial charge >= 0.3 is 0 Å². The first-order chi connectivity index (χ1) is 9.39. The molecule has 1 aromatic rings. The van der Waals surface area contributed by atoms with Crippen LogP contribution in [0.15, 0.2) is 24.3 Å². The van der Waals surface area contributed by atoms with Crippen LogP contribution in [0.5, 0.6) is 0 Å². The van der Waals surface area contributed by atoms with E-state index in [-0.39, 0.29) is 17.1 Å². The molecule has 20 heavy (non-hydrogen) atoms. The molecule has 2 aliphatic rings. The van der Waals surface area contributed by atoms with Crippen molar-refractivity contribution in [2.45, 2.75) is 32.0 Å². The van der Waals surface area contributed by atoms with Gasteiger partial charge in [0.1, 0.15) is 11.2 Å². The van der Waals surface area contributed by atoms with E-state index in [0.717, 1.165) is 24.3 Å². The average Bonchev–Trinajstić information content (AvgIpc) is 3.30. The molecular weight excluding hydrogens is 254 g/mol. The van der Waals surface area contributed by atoms with Gasteiger partial charge in [-0.25, -0.2) is 0 Å². The zero-order valence-electron chi connectivity index (χ0n) is 12.3. The van der Waals surface area contributed by atoms with Crippen molar-refractivity contribution in [1.29, 1.82) is 0 Å². The highest BCUT2D eigenvalue weighted by Crippen LogP contribution is 2.32. The van der Waals surface area contributed by atoms with Gasteiger partial charge in [0.05, 0.1) is 26.3 Å². The topological polar surface area (TPSA) is 45.4 Å². The molecule has 0 aliphatic carbocycles. The summed E-state index contributed by atoms with van der Waals surface area (Å²) in [5.74, 6) is 0.0541. The number of rotatable bonds is 5. The van der Waals surface area contributed by atoms with Gasteiger partial charge in [0.15, 0.2) is 0 Å². The van der Waals surface area contributed by atoms with Crippen LogP contribution < -0.4 is 0 Å². The number of carbonyl (C=O) groups excluding carboxylic acids is 1. The van der Waals surface area contributed by atoms with E-state index < -0.39 is 0 Å². The van der Waals surface area contributed by atoms with Crippen LogP contribution >= 0.6 is 0 Å². The van der Waals surface area contributed by atoms with Gasteiger partial charge in [-0.3, -0.25) is 4.79 Å². The largest absolute Gasteiger partial charge is 0.368 e. The van der Waals surface area contributed by atoms with Crippen molar-refractivity contribution in [3.8, 4) is 0 Å². The van der Waals surface area contributed by atoms with Crippen LogP contribution in [-0.4, -0.2) is 48.3 Å². The van der Waals surface area contributed by atoms with E-state index in [4.69, 9.17) is 9.47 Å². The van der Waals surface area contributed by atoms with Gasteiger partial charge in [0, 0.05) is 5.56 Å². The molecule has 2 atom stereocenters. The molecule has 2 fully saturated rings. The maximum atomic E-state index is 12.7. The molecule has 3 rings (SSSR count). The number of amides is 1. The standard InChI is InChI=1S/C16H21NO3/c1-12-4-6-13(7-5-12)14(18)17(8-15(2)10-19-15)9-16(3)11-20-16/h4-7H,8-11H2,1-3H3. The lowest BCUT2D eigenvalue weighted by molar-refractivity contribution is 0.0664. The Hall–Kier alpha value is -1.39. The Morgan fingerprint density at radius 1 is 1.10 bits per heavy atom. The van der Waals surface area contributed by atoms with E-state index in [1.807, 2.05) is 49.9 Å². The Morgan fingerprint density at radius 3 is 1.95 bits per heavy atom. The van der Waals surface area contributed by atoms with Crippen LogP contribution in [-0.2, 0) is 9.47 Å². The SMILES string of the molecule is Cc1ccc(C(=O)N(CC2(C)CO2)CC2(C)CO2)cc1. The molecule has 1 aromatic carbocycles. The van der Waals surface area contributed by atoms with Crippen molar-refractivity contribution in [1.82, 2.24) is 4.90 Å². The monoisotopic (exact) mass is 275 g/mol. The fourth-order valence-corrected chi connectivity index (χ4v) is 2.31. The second-order valence-electron chi connectivity index (χ2n) is 6.50. The normalized spacial score (nSPS) is 30.9. The summed E-state index contributed by atoms with van der Waals surface area (Å²) in [6.07, 6.45) is 0. The second kappa shape index (κ2) is 4.57. The van der Waals surface area contributed by atoms with E-state index in [1.165, 1.54) is 0 Å². The van der Waals surface area contributed by atoms with Gasteiger partial charge in [-0.2, -0.15) is 0 Å². The summed E-state index contributed by atoms with van der Waals surface area (Å²) in [6.45, 7) is 8.79. The first-order valence-corrected chi connectivity index (χ1v) is 7.03. The number of epoxide rings is 2. The molecule has 2 aliphatic heterocycles. The highest BCUT2D eigenvalue weighted by atomic mass is 16.6. The van der Waals surface area contributed by atoms with Crippen LogP contribution in [0.4, 0.5) is 0 Å². The zero-order valence-corrected chi connectivity index (χ0v) is 12.3. The summed E-state index contributed by atoms with van der Waals surface area (Å²) >= 11 is 0. The van der Waals surface area contributed by atoms with Crippen LogP contribution in [0, 0.1) is 6.92 Å². The molecular formula is C16H21NO3. The number of nitrogens with zero attached hydrogens (tertiary/aromatic N) is 1.